The Bertz CT molecular complexity index is 707. The van der Waals surface area contributed by atoms with Crippen LogP contribution >= 0.6 is 47.2 Å². The third-order valence-electron chi connectivity index (χ3n) is 3.70. The first-order valence-electron chi connectivity index (χ1n) is 7.82. The number of aliphatic imine (C=N–C) groups is 1. The topological polar surface area (TPSA) is 90.8 Å². The standard InChI is InChI=1S/C16H25Cl2N3O3S.HI/c1-5-19-15(21-10-16(2,3)25(4,23)24)20-9-14(22)11-6-12(17)8-13(18)7-11;/h6-8,14,22H,5,9-10H2,1-4H3,(H2,19,20,21);1H. The largest absolute Gasteiger partial charge is 0.387 e. The van der Waals surface area contributed by atoms with Crippen molar-refractivity contribution >= 4 is 63.0 Å². The van der Waals surface area contributed by atoms with E-state index in [4.69, 9.17) is 23.2 Å². The van der Waals surface area contributed by atoms with Crippen molar-refractivity contribution < 1.29 is 13.5 Å². The Balaban J connectivity index is 0.00000625. The van der Waals surface area contributed by atoms with Gasteiger partial charge in [0.25, 0.3) is 0 Å². The molecule has 3 N–H and O–H groups in total. The summed E-state index contributed by atoms with van der Waals surface area (Å²) in [6.45, 7) is 6.01. The predicted octanol–water partition coefficient (Wildman–Crippen LogP) is 3.02. The molecule has 0 radical (unpaired) electrons. The number of halogens is 3. The molecule has 0 aliphatic rings. The van der Waals surface area contributed by atoms with Gasteiger partial charge in [0, 0.05) is 29.4 Å². The van der Waals surface area contributed by atoms with Gasteiger partial charge in [0.1, 0.15) is 0 Å². The highest BCUT2D eigenvalue weighted by Gasteiger charge is 2.30. The summed E-state index contributed by atoms with van der Waals surface area (Å²) in [5, 5.41) is 17.2. The van der Waals surface area contributed by atoms with Crippen LogP contribution in [0.3, 0.4) is 0 Å². The van der Waals surface area contributed by atoms with Gasteiger partial charge in [-0.2, -0.15) is 0 Å². The van der Waals surface area contributed by atoms with Crippen LogP contribution in [0.4, 0.5) is 0 Å². The number of aliphatic hydroxyl groups is 1. The van der Waals surface area contributed by atoms with Gasteiger partial charge in [-0.15, -0.1) is 24.0 Å². The summed E-state index contributed by atoms with van der Waals surface area (Å²) in [7, 11) is -3.24. The van der Waals surface area contributed by atoms with Gasteiger partial charge in [0.05, 0.1) is 17.4 Å². The molecule has 26 heavy (non-hydrogen) atoms. The third-order valence-corrected chi connectivity index (χ3v) is 6.27. The van der Waals surface area contributed by atoms with E-state index in [9.17, 15) is 13.5 Å². The summed E-state index contributed by atoms with van der Waals surface area (Å²) in [6.07, 6.45) is 0.346. The minimum absolute atomic E-state index is 0. The van der Waals surface area contributed by atoms with Crippen LogP contribution in [-0.2, 0) is 9.84 Å². The molecule has 0 fully saturated rings. The Morgan fingerprint density at radius 3 is 2.23 bits per heavy atom. The summed E-state index contributed by atoms with van der Waals surface area (Å²) in [6, 6.07) is 4.86. The van der Waals surface area contributed by atoms with Crippen LogP contribution in [0.1, 0.15) is 32.4 Å². The Kier molecular flexibility index (Phi) is 10.8. The van der Waals surface area contributed by atoms with E-state index in [1.165, 1.54) is 6.26 Å². The van der Waals surface area contributed by atoms with Crippen LogP contribution in [0.2, 0.25) is 10.0 Å². The molecule has 0 saturated heterocycles. The van der Waals surface area contributed by atoms with E-state index >= 15 is 0 Å². The van der Waals surface area contributed by atoms with Crippen molar-refractivity contribution in [2.45, 2.75) is 31.6 Å². The molecular formula is C16H26Cl2IN3O3S. The van der Waals surface area contributed by atoms with Crippen molar-refractivity contribution in [1.29, 1.82) is 0 Å². The summed E-state index contributed by atoms with van der Waals surface area (Å²) < 4.78 is 22.5. The fourth-order valence-electron chi connectivity index (χ4n) is 1.81. The van der Waals surface area contributed by atoms with E-state index in [-0.39, 0.29) is 37.1 Å². The number of sulfone groups is 1. The lowest BCUT2D eigenvalue weighted by molar-refractivity contribution is 0.181. The Labute approximate surface area is 182 Å². The number of guanidine groups is 1. The minimum atomic E-state index is -3.24. The zero-order valence-corrected chi connectivity index (χ0v) is 19.9. The molecule has 1 atom stereocenters. The highest BCUT2D eigenvalue weighted by Crippen LogP contribution is 2.23. The van der Waals surface area contributed by atoms with Crippen LogP contribution in [0.25, 0.3) is 0 Å². The molecule has 0 aliphatic carbocycles. The van der Waals surface area contributed by atoms with E-state index < -0.39 is 20.7 Å². The molecule has 0 saturated carbocycles. The van der Waals surface area contributed by atoms with Gasteiger partial charge in [0.2, 0.25) is 0 Å². The summed E-state index contributed by atoms with van der Waals surface area (Å²) in [4.78, 5) is 4.30. The molecule has 150 valence electrons. The van der Waals surface area contributed by atoms with Crippen molar-refractivity contribution in [3.05, 3.63) is 33.8 Å². The number of aliphatic hydroxyl groups excluding tert-OH is 1. The summed E-state index contributed by atoms with van der Waals surface area (Å²) in [5.74, 6) is 0.423. The maximum Gasteiger partial charge on any atom is 0.191 e. The highest BCUT2D eigenvalue weighted by molar-refractivity contribution is 14.0. The second kappa shape index (κ2) is 10.9. The monoisotopic (exact) mass is 537 g/mol. The molecule has 10 heteroatoms. The third kappa shape index (κ3) is 8.16. The van der Waals surface area contributed by atoms with Crippen LogP contribution in [0, 0.1) is 0 Å². The highest BCUT2D eigenvalue weighted by atomic mass is 127. The molecule has 0 aliphatic heterocycles. The first kappa shape index (κ1) is 25.7. The number of hydrogen-bond donors (Lipinski definition) is 3. The average molecular weight is 538 g/mol. The van der Waals surface area contributed by atoms with E-state index in [0.717, 1.165) is 0 Å². The first-order valence-corrected chi connectivity index (χ1v) is 10.5. The van der Waals surface area contributed by atoms with Crippen molar-refractivity contribution in [2.75, 3.05) is 25.9 Å². The Morgan fingerprint density at radius 2 is 1.77 bits per heavy atom. The molecule has 0 bridgehead atoms. The van der Waals surface area contributed by atoms with Gasteiger partial charge in [-0.05, 0) is 44.5 Å². The Morgan fingerprint density at radius 1 is 1.23 bits per heavy atom. The van der Waals surface area contributed by atoms with E-state index in [0.29, 0.717) is 28.1 Å². The molecule has 0 heterocycles. The zero-order valence-electron chi connectivity index (χ0n) is 15.2. The maximum absolute atomic E-state index is 11.8. The Hall–Kier alpha value is -0.290. The average Bonchev–Trinajstić information content (AvgIpc) is 2.47. The van der Waals surface area contributed by atoms with E-state index in [1.54, 1.807) is 32.0 Å². The van der Waals surface area contributed by atoms with Crippen molar-refractivity contribution in [3.8, 4) is 0 Å². The maximum atomic E-state index is 11.8. The molecular weight excluding hydrogens is 512 g/mol. The van der Waals surface area contributed by atoms with Crippen molar-refractivity contribution in [1.82, 2.24) is 10.6 Å². The minimum Gasteiger partial charge on any atom is -0.387 e. The lowest BCUT2D eigenvalue weighted by atomic mass is 10.1. The van der Waals surface area contributed by atoms with Gasteiger partial charge < -0.3 is 15.7 Å². The molecule has 1 aromatic rings. The van der Waals surface area contributed by atoms with Gasteiger partial charge in [-0.3, -0.25) is 4.99 Å². The number of nitrogens with one attached hydrogen (secondary N) is 2. The van der Waals surface area contributed by atoms with Crippen LogP contribution < -0.4 is 10.6 Å². The van der Waals surface area contributed by atoms with Crippen LogP contribution in [0.5, 0.6) is 0 Å². The molecule has 6 nitrogen and oxygen atoms in total. The van der Waals surface area contributed by atoms with Crippen LogP contribution in [-0.4, -0.2) is 50.1 Å². The van der Waals surface area contributed by atoms with Gasteiger partial charge in [-0.1, -0.05) is 23.2 Å². The molecule has 0 spiro atoms. The van der Waals surface area contributed by atoms with E-state index in [2.05, 4.69) is 15.6 Å². The zero-order chi connectivity index (χ0) is 19.3. The smallest absolute Gasteiger partial charge is 0.191 e. The van der Waals surface area contributed by atoms with E-state index in [1.807, 2.05) is 6.92 Å². The lowest BCUT2D eigenvalue weighted by Gasteiger charge is -2.21. The second-order valence-corrected chi connectivity index (χ2v) is 9.85. The summed E-state index contributed by atoms with van der Waals surface area (Å²) in [5.41, 5.74) is 0.581. The van der Waals surface area contributed by atoms with Gasteiger partial charge in [0.15, 0.2) is 15.8 Å². The van der Waals surface area contributed by atoms with Crippen LogP contribution in [0.15, 0.2) is 23.2 Å². The molecule has 1 rings (SSSR count). The number of hydrogen-bond acceptors (Lipinski definition) is 4. The fraction of sp³-hybridized carbons (Fsp3) is 0.562. The quantitative estimate of drug-likeness (QED) is 0.282. The van der Waals surface area contributed by atoms with Gasteiger partial charge >= 0.3 is 0 Å². The first-order chi connectivity index (χ1) is 11.5. The normalized spacial score (nSPS) is 13.7. The molecule has 0 aromatic heterocycles. The van der Waals surface area contributed by atoms with Crippen molar-refractivity contribution in [3.63, 3.8) is 0 Å². The molecule has 0 amide bonds. The van der Waals surface area contributed by atoms with Crippen molar-refractivity contribution in [2.24, 2.45) is 4.99 Å². The SMILES string of the molecule is CCNC(=NCC(C)(C)S(C)(=O)=O)NCC(O)c1cc(Cl)cc(Cl)c1.I. The van der Waals surface area contributed by atoms with Gasteiger partial charge in [-0.25, -0.2) is 8.42 Å². The second-order valence-electron chi connectivity index (χ2n) is 6.33. The predicted molar refractivity (Wildman–Crippen MR) is 120 cm³/mol. The molecule has 1 aromatic carbocycles. The summed E-state index contributed by atoms with van der Waals surface area (Å²) >= 11 is 11.9. The fourth-order valence-corrected chi connectivity index (χ4v) is 2.65. The number of nitrogens with zero attached hydrogens (tertiary/aromatic N) is 1. The lowest BCUT2D eigenvalue weighted by Crippen LogP contribution is -2.42. The number of benzene rings is 1. The number of rotatable bonds is 7. The molecule has 1 unspecified atom stereocenters.